The van der Waals surface area contributed by atoms with Crippen LogP contribution in [-0.2, 0) is 17.3 Å². The zero-order valence-corrected chi connectivity index (χ0v) is 11.4. The summed E-state index contributed by atoms with van der Waals surface area (Å²) >= 11 is 1.13. The van der Waals surface area contributed by atoms with E-state index in [2.05, 4.69) is 10.3 Å². The number of aromatic nitrogens is 1. The highest BCUT2D eigenvalue weighted by Crippen LogP contribution is 2.09. The van der Waals surface area contributed by atoms with Gasteiger partial charge in [-0.2, -0.15) is 0 Å². The van der Waals surface area contributed by atoms with E-state index in [1.807, 2.05) is 6.92 Å². The van der Waals surface area contributed by atoms with Crippen LogP contribution in [0, 0.1) is 0 Å². The lowest BCUT2D eigenvalue weighted by atomic mass is 10.3. The van der Waals surface area contributed by atoms with Gasteiger partial charge in [0.25, 0.3) is 0 Å². The van der Waals surface area contributed by atoms with Gasteiger partial charge in [0.1, 0.15) is 0 Å². The number of carbonyl (C=O) groups is 1. The molecule has 0 radical (unpaired) electrons. The van der Waals surface area contributed by atoms with Gasteiger partial charge in [-0.1, -0.05) is 6.92 Å². The molecular formula is C10H16N2O3S2. The highest BCUT2D eigenvalue weighted by Gasteiger charge is 2.09. The molecule has 0 amide bonds. The molecule has 17 heavy (non-hydrogen) atoms. The lowest BCUT2D eigenvalue weighted by molar-refractivity contribution is 0.0696. The van der Waals surface area contributed by atoms with E-state index in [0.29, 0.717) is 6.54 Å². The first-order valence-electron chi connectivity index (χ1n) is 5.21. The Bertz CT molecular complexity index is 406. The van der Waals surface area contributed by atoms with E-state index in [1.165, 1.54) is 0 Å². The number of hydrogen-bond acceptors (Lipinski definition) is 5. The van der Waals surface area contributed by atoms with Crippen LogP contribution < -0.4 is 5.32 Å². The van der Waals surface area contributed by atoms with E-state index in [0.717, 1.165) is 30.0 Å². The summed E-state index contributed by atoms with van der Waals surface area (Å²) in [5.74, 6) is -0.990. The summed E-state index contributed by atoms with van der Waals surface area (Å²) in [5, 5.41) is 13.9. The van der Waals surface area contributed by atoms with Gasteiger partial charge in [-0.15, -0.1) is 11.3 Å². The van der Waals surface area contributed by atoms with Crippen LogP contribution in [0.5, 0.6) is 0 Å². The first-order valence-corrected chi connectivity index (χ1v) is 7.71. The van der Waals surface area contributed by atoms with Gasteiger partial charge in [0, 0.05) is 34.2 Å². The van der Waals surface area contributed by atoms with Crippen LogP contribution in [-0.4, -0.2) is 38.3 Å². The van der Waals surface area contributed by atoms with Crippen molar-refractivity contribution in [2.75, 3.05) is 12.8 Å². The number of nitrogens with zero attached hydrogens (tertiary/aromatic N) is 1. The molecule has 0 aliphatic heterocycles. The van der Waals surface area contributed by atoms with Crippen molar-refractivity contribution in [1.29, 1.82) is 0 Å². The number of carboxylic acid groups (broad SMARTS) is 1. The number of thiazole rings is 1. The number of rotatable bonds is 7. The van der Waals surface area contributed by atoms with Crippen LogP contribution in [0.2, 0.25) is 0 Å². The summed E-state index contributed by atoms with van der Waals surface area (Å²) in [7, 11) is -0.792. The van der Waals surface area contributed by atoms with Gasteiger partial charge in [-0.05, 0) is 13.0 Å². The Morgan fingerprint density at radius 3 is 2.94 bits per heavy atom. The predicted octanol–water partition coefficient (Wildman–Crippen LogP) is 1.09. The van der Waals surface area contributed by atoms with E-state index in [9.17, 15) is 9.00 Å². The fraction of sp³-hybridized carbons (Fsp3) is 0.600. The average molecular weight is 276 g/mol. The first-order chi connectivity index (χ1) is 8.00. The molecule has 2 atom stereocenters. The number of carboxylic acids is 1. The molecule has 0 aromatic carbocycles. The zero-order chi connectivity index (χ0) is 12.8. The van der Waals surface area contributed by atoms with Crippen molar-refractivity contribution in [2.24, 2.45) is 0 Å². The van der Waals surface area contributed by atoms with E-state index in [-0.39, 0.29) is 10.3 Å². The van der Waals surface area contributed by atoms with Gasteiger partial charge in [0.15, 0.2) is 0 Å². The molecule has 0 aliphatic rings. The van der Waals surface area contributed by atoms with E-state index >= 15 is 0 Å². The van der Waals surface area contributed by atoms with Crippen molar-refractivity contribution in [3.8, 4) is 0 Å². The van der Waals surface area contributed by atoms with Gasteiger partial charge in [-0.3, -0.25) is 4.21 Å². The molecule has 1 aromatic rings. The molecule has 2 N–H and O–H groups in total. The Balaban J connectivity index is 2.26. The second-order valence-corrected chi connectivity index (χ2v) is 6.38. The molecule has 2 unspecified atom stereocenters. The standard InChI is InChI=1S/C10H16N2O3S2/c1-7(17(2)15)3-4-11-5-8-6-16-9(12-8)10(13)14/h6-7,11H,3-5H2,1-2H3,(H,13,14). The average Bonchev–Trinajstić information content (AvgIpc) is 2.72. The third-order valence-electron chi connectivity index (χ3n) is 2.34. The maximum atomic E-state index is 11.1. The van der Waals surface area contributed by atoms with Crippen LogP contribution in [0.4, 0.5) is 0 Å². The van der Waals surface area contributed by atoms with Crippen LogP contribution in [0.25, 0.3) is 0 Å². The number of hydrogen-bond donors (Lipinski definition) is 2. The van der Waals surface area contributed by atoms with Crippen molar-refractivity contribution >= 4 is 28.1 Å². The lowest BCUT2D eigenvalue weighted by Crippen LogP contribution is -2.21. The van der Waals surface area contributed by atoms with Gasteiger partial charge in [0.2, 0.25) is 5.01 Å². The second-order valence-electron chi connectivity index (χ2n) is 3.72. The molecule has 0 bridgehead atoms. The van der Waals surface area contributed by atoms with Crippen LogP contribution in [0.3, 0.4) is 0 Å². The fourth-order valence-corrected chi connectivity index (χ4v) is 2.28. The van der Waals surface area contributed by atoms with Gasteiger partial charge < -0.3 is 10.4 Å². The summed E-state index contributed by atoms with van der Waals surface area (Å²) in [6.45, 7) is 3.25. The van der Waals surface area contributed by atoms with Crippen molar-refractivity contribution < 1.29 is 14.1 Å². The maximum Gasteiger partial charge on any atom is 0.365 e. The molecule has 1 aromatic heterocycles. The highest BCUT2D eigenvalue weighted by atomic mass is 32.2. The largest absolute Gasteiger partial charge is 0.476 e. The molecule has 7 heteroatoms. The molecule has 96 valence electrons. The molecule has 1 rings (SSSR count). The SMILES string of the molecule is CC(CCNCc1csc(C(=O)O)n1)S(C)=O. The lowest BCUT2D eigenvalue weighted by Gasteiger charge is -2.08. The van der Waals surface area contributed by atoms with Crippen LogP contribution >= 0.6 is 11.3 Å². The minimum Gasteiger partial charge on any atom is -0.476 e. The summed E-state index contributed by atoms with van der Waals surface area (Å²) in [5.41, 5.74) is 0.734. The summed E-state index contributed by atoms with van der Waals surface area (Å²) in [4.78, 5) is 14.6. The Morgan fingerprint density at radius 2 is 2.41 bits per heavy atom. The smallest absolute Gasteiger partial charge is 0.365 e. The normalized spacial score (nSPS) is 14.5. The number of nitrogens with one attached hydrogen (secondary N) is 1. The highest BCUT2D eigenvalue weighted by molar-refractivity contribution is 7.84. The van der Waals surface area contributed by atoms with Gasteiger partial charge in [0.05, 0.1) is 5.69 Å². The molecule has 1 heterocycles. The Labute approximate surface area is 107 Å². The number of aromatic carboxylic acids is 1. The Morgan fingerprint density at radius 1 is 1.71 bits per heavy atom. The van der Waals surface area contributed by atoms with E-state index < -0.39 is 16.8 Å². The maximum absolute atomic E-state index is 11.1. The third kappa shape index (κ3) is 4.93. The molecule has 0 aliphatic carbocycles. The van der Waals surface area contributed by atoms with Crippen molar-refractivity contribution in [3.63, 3.8) is 0 Å². The Hall–Kier alpha value is -0.790. The fourth-order valence-electron chi connectivity index (χ4n) is 1.17. The summed E-state index contributed by atoms with van der Waals surface area (Å²) in [6.07, 6.45) is 2.53. The van der Waals surface area contributed by atoms with Gasteiger partial charge in [-0.25, -0.2) is 9.78 Å². The molecule has 0 saturated heterocycles. The Kier molecular flexibility index (Phi) is 5.73. The monoisotopic (exact) mass is 276 g/mol. The second kappa shape index (κ2) is 6.83. The van der Waals surface area contributed by atoms with Crippen LogP contribution in [0.15, 0.2) is 5.38 Å². The summed E-state index contributed by atoms with van der Waals surface area (Å²) < 4.78 is 11.1. The molecule has 0 spiro atoms. The quantitative estimate of drug-likeness (QED) is 0.729. The first kappa shape index (κ1) is 14.3. The van der Waals surface area contributed by atoms with Crippen LogP contribution in [0.1, 0.15) is 28.8 Å². The van der Waals surface area contributed by atoms with Crippen molar-refractivity contribution in [1.82, 2.24) is 10.3 Å². The topological polar surface area (TPSA) is 79.3 Å². The minimum absolute atomic E-state index is 0.116. The predicted molar refractivity (Wildman–Crippen MR) is 68.9 cm³/mol. The van der Waals surface area contributed by atoms with Crippen molar-refractivity contribution in [3.05, 3.63) is 16.1 Å². The van der Waals surface area contributed by atoms with Crippen molar-refractivity contribution in [2.45, 2.75) is 25.1 Å². The van der Waals surface area contributed by atoms with E-state index in [1.54, 1.807) is 11.6 Å². The molecule has 0 saturated carbocycles. The zero-order valence-electron chi connectivity index (χ0n) is 9.80. The van der Waals surface area contributed by atoms with E-state index in [4.69, 9.17) is 5.11 Å². The molecular weight excluding hydrogens is 260 g/mol. The third-order valence-corrected chi connectivity index (χ3v) is 4.58. The minimum atomic E-state index is -0.990. The molecule has 5 nitrogen and oxygen atoms in total. The van der Waals surface area contributed by atoms with Gasteiger partial charge >= 0.3 is 5.97 Å². The molecule has 0 fully saturated rings. The summed E-state index contributed by atoms with van der Waals surface area (Å²) in [6, 6.07) is 0.